The van der Waals surface area contributed by atoms with Crippen molar-refractivity contribution in [3.63, 3.8) is 0 Å². The van der Waals surface area contributed by atoms with Gasteiger partial charge in [-0.15, -0.1) is 0 Å². The van der Waals surface area contributed by atoms with Gasteiger partial charge in [0.1, 0.15) is 5.75 Å². The number of nitrogens with one attached hydrogen (secondary N) is 1. The molecule has 0 radical (unpaired) electrons. The lowest BCUT2D eigenvalue weighted by atomic mass is 10.2. The number of ether oxygens (including phenoxy) is 1. The summed E-state index contributed by atoms with van der Waals surface area (Å²) in [6.07, 6.45) is -3.88. The second-order valence-electron chi connectivity index (χ2n) is 5.83. The van der Waals surface area contributed by atoms with Crippen molar-refractivity contribution in [2.75, 3.05) is 7.11 Å². The highest BCUT2D eigenvalue weighted by Gasteiger charge is 2.40. The van der Waals surface area contributed by atoms with E-state index in [0.29, 0.717) is 21.0 Å². The van der Waals surface area contributed by atoms with E-state index in [2.05, 4.69) is 10.4 Å². The summed E-state index contributed by atoms with van der Waals surface area (Å²) >= 11 is 5.78. The first-order chi connectivity index (χ1) is 13.3. The van der Waals surface area contributed by atoms with E-state index in [4.69, 9.17) is 16.3 Å². The Kier molecular flexibility index (Phi) is 5.60. The van der Waals surface area contributed by atoms with Crippen molar-refractivity contribution in [1.82, 2.24) is 15.1 Å². The lowest BCUT2D eigenvalue weighted by Gasteiger charge is -2.13. The first-order valence-corrected chi connectivity index (χ1v) is 8.49. The number of carbonyl (C=O) groups excluding carboxylic acids is 1. The number of alkyl halides is 3. The highest BCUT2D eigenvalue weighted by molar-refractivity contribution is 6.30. The number of amides is 1. The van der Waals surface area contributed by atoms with Crippen LogP contribution in [0.5, 0.6) is 5.75 Å². The summed E-state index contributed by atoms with van der Waals surface area (Å²) in [7, 11) is 1.50. The Morgan fingerprint density at radius 2 is 1.93 bits per heavy atom. The fourth-order valence-corrected chi connectivity index (χ4v) is 2.75. The van der Waals surface area contributed by atoms with Gasteiger partial charge >= 0.3 is 6.18 Å². The molecule has 1 aromatic heterocycles. The molecule has 0 aliphatic rings. The lowest BCUT2D eigenvalue weighted by molar-refractivity contribution is -0.143. The van der Waals surface area contributed by atoms with Gasteiger partial charge in [-0.25, -0.2) is 4.68 Å². The monoisotopic (exact) mass is 409 g/mol. The quantitative estimate of drug-likeness (QED) is 0.675. The maximum atomic E-state index is 13.6. The summed E-state index contributed by atoms with van der Waals surface area (Å²) in [4.78, 5) is 12.4. The number of benzene rings is 2. The molecular weight excluding hydrogens is 395 g/mol. The first-order valence-electron chi connectivity index (χ1n) is 8.12. The molecule has 9 heteroatoms. The Balaban J connectivity index is 1.88. The Hall–Kier alpha value is -3.00. The maximum Gasteiger partial charge on any atom is 0.434 e. The summed E-state index contributed by atoms with van der Waals surface area (Å²) in [6.45, 7) is 0.0411. The van der Waals surface area contributed by atoms with Crippen LogP contribution in [-0.2, 0) is 12.7 Å². The third-order valence-electron chi connectivity index (χ3n) is 3.94. The molecule has 2 aromatic carbocycles. The number of halogens is 4. The van der Waals surface area contributed by atoms with Crippen LogP contribution in [-0.4, -0.2) is 22.8 Å². The molecule has 0 aliphatic carbocycles. The second-order valence-corrected chi connectivity index (χ2v) is 6.26. The Morgan fingerprint density at radius 3 is 2.57 bits per heavy atom. The van der Waals surface area contributed by atoms with Gasteiger partial charge in [0.2, 0.25) is 0 Å². The molecule has 1 N–H and O–H groups in total. The molecule has 28 heavy (non-hydrogen) atoms. The van der Waals surface area contributed by atoms with Gasteiger partial charge < -0.3 is 10.1 Å². The highest BCUT2D eigenvalue weighted by atomic mass is 35.5. The number of hydrogen-bond donors (Lipinski definition) is 1. The fourth-order valence-electron chi connectivity index (χ4n) is 2.63. The SMILES string of the molecule is COc1cccc(CNC(=O)c2cnn(-c3ccc(Cl)cc3)c2C(F)(F)F)c1. The third-order valence-corrected chi connectivity index (χ3v) is 4.19. The van der Waals surface area contributed by atoms with Crippen molar-refractivity contribution in [2.45, 2.75) is 12.7 Å². The second kappa shape index (κ2) is 7.93. The molecule has 3 aromatic rings. The highest BCUT2D eigenvalue weighted by Crippen LogP contribution is 2.33. The van der Waals surface area contributed by atoms with Crippen LogP contribution >= 0.6 is 11.6 Å². The van der Waals surface area contributed by atoms with Crippen LogP contribution in [0.1, 0.15) is 21.6 Å². The molecule has 146 valence electrons. The van der Waals surface area contributed by atoms with Crippen LogP contribution in [0.15, 0.2) is 54.7 Å². The van der Waals surface area contributed by atoms with Crippen LogP contribution in [0.3, 0.4) is 0 Å². The lowest BCUT2D eigenvalue weighted by Crippen LogP contribution is -2.26. The molecule has 0 atom stereocenters. The summed E-state index contributed by atoms with van der Waals surface area (Å²) < 4.78 is 46.7. The molecule has 5 nitrogen and oxygen atoms in total. The summed E-state index contributed by atoms with van der Waals surface area (Å²) in [5.41, 5.74) is -0.891. The van der Waals surface area contributed by atoms with Gasteiger partial charge in [0.05, 0.1) is 24.6 Å². The average Bonchev–Trinajstić information content (AvgIpc) is 3.12. The van der Waals surface area contributed by atoms with E-state index in [1.807, 2.05) is 0 Å². The molecule has 0 fully saturated rings. The van der Waals surface area contributed by atoms with E-state index in [0.717, 1.165) is 6.20 Å². The van der Waals surface area contributed by atoms with E-state index >= 15 is 0 Å². The maximum absolute atomic E-state index is 13.6. The van der Waals surface area contributed by atoms with Crippen molar-refractivity contribution < 1.29 is 22.7 Å². The summed E-state index contributed by atoms with van der Waals surface area (Å²) in [5.74, 6) is -0.298. The van der Waals surface area contributed by atoms with Gasteiger partial charge in [-0.3, -0.25) is 4.79 Å². The van der Waals surface area contributed by atoms with E-state index in [-0.39, 0.29) is 12.2 Å². The number of aromatic nitrogens is 2. The van der Waals surface area contributed by atoms with Crippen molar-refractivity contribution in [1.29, 1.82) is 0 Å². The largest absolute Gasteiger partial charge is 0.497 e. The van der Waals surface area contributed by atoms with Gasteiger partial charge in [0, 0.05) is 11.6 Å². The molecule has 0 bridgehead atoms. The zero-order valence-electron chi connectivity index (χ0n) is 14.6. The molecular formula is C19H15ClF3N3O2. The Labute approximate surface area is 163 Å². The standard InChI is InChI=1S/C19H15ClF3N3O2/c1-28-15-4-2-3-12(9-15)10-24-18(27)16-11-25-26(17(16)19(21,22)23)14-7-5-13(20)6-8-14/h2-9,11H,10H2,1H3,(H,24,27). The van der Waals surface area contributed by atoms with Crippen LogP contribution in [0.25, 0.3) is 5.69 Å². The van der Waals surface area contributed by atoms with Crippen LogP contribution in [0.2, 0.25) is 5.02 Å². The molecule has 3 rings (SSSR count). The molecule has 0 saturated heterocycles. The van der Waals surface area contributed by atoms with Gasteiger partial charge in [-0.05, 0) is 42.0 Å². The predicted molar refractivity (Wildman–Crippen MR) is 97.7 cm³/mol. The number of nitrogens with zero attached hydrogens (tertiary/aromatic N) is 2. The molecule has 0 unspecified atom stereocenters. The zero-order valence-corrected chi connectivity index (χ0v) is 15.4. The minimum absolute atomic E-state index is 0.0411. The third kappa shape index (κ3) is 4.28. The Morgan fingerprint density at radius 1 is 1.21 bits per heavy atom. The molecule has 0 spiro atoms. The van der Waals surface area contributed by atoms with Crippen LogP contribution < -0.4 is 10.1 Å². The van der Waals surface area contributed by atoms with Crippen LogP contribution in [0.4, 0.5) is 13.2 Å². The van der Waals surface area contributed by atoms with Crippen molar-refractivity contribution >= 4 is 17.5 Å². The van der Waals surface area contributed by atoms with Gasteiger partial charge in [-0.2, -0.15) is 18.3 Å². The minimum atomic E-state index is -4.78. The van der Waals surface area contributed by atoms with Crippen molar-refractivity contribution in [3.05, 3.63) is 76.6 Å². The van der Waals surface area contributed by atoms with Gasteiger partial charge in [0.25, 0.3) is 5.91 Å². The number of methoxy groups -OCH3 is 1. The summed E-state index contributed by atoms with van der Waals surface area (Å²) in [6, 6.07) is 12.5. The van der Waals surface area contributed by atoms with Crippen molar-refractivity contribution in [3.8, 4) is 11.4 Å². The van der Waals surface area contributed by atoms with Gasteiger partial charge in [0.15, 0.2) is 5.69 Å². The topological polar surface area (TPSA) is 56.1 Å². The first kappa shape index (κ1) is 19.8. The van der Waals surface area contributed by atoms with Crippen molar-refractivity contribution in [2.24, 2.45) is 0 Å². The number of carbonyl (C=O) groups is 1. The fraction of sp³-hybridized carbons (Fsp3) is 0.158. The molecule has 1 heterocycles. The van der Waals surface area contributed by atoms with E-state index in [1.165, 1.54) is 31.4 Å². The van der Waals surface area contributed by atoms with Gasteiger partial charge in [-0.1, -0.05) is 23.7 Å². The van der Waals surface area contributed by atoms with E-state index < -0.39 is 23.3 Å². The molecule has 1 amide bonds. The van der Waals surface area contributed by atoms with E-state index in [9.17, 15) is 18.0 Å². The minimum Gasteiger partial charge on any atom is -0.497 e. The number of hydrogen-bond acceptors (Lipinski definition) is 3. The smallest absolute Gasteiger partial charge is 0.434 e. The van der Waals surface area contributed by atoms with Crippen LogP contribution in [0, 0.1) is 0 Å². The normalized spacial score (nSPS) is 11.3. The molecule has 0 aliphatic heterocycles. The predicted octanol–water partition coefficient (Wildman–Crippen LogP) is 4.48. The number of rotatable bonds is 5. The summed E-state index contributed by atoms with van der Waals surface area (Å²) in [5, 5.41) is 6.62. The zero-order chi connectivity index (χ0) is 20.3. The Bertz CT molecular complexity index is 985. The van der Waals surface area contributed by atoms with E-state index in [1.54, 1.807) is 24.3 Å². The average molecular weight is 410 g/mol. The molecule has 0 saturated carbocycles.